The van der Waals surface area contributed by atoms with E-state index < -0.39 is 50.0 Å². The van der Waals surface area contributed by atoms with Crippen molar-refractivity contribution in [1.29, 1.82) is 0 Å². The minimum absolute atomic E-state index is 0.139. The summed E-state index contributed by atoms with van der Waals surface area (Å²) < 4.78 is 1.18. The molecular weight excluding hydrogens is 831 g/mol. The monoisotopic (exact) mass is 897 g/mol. The van der Waals surface area contributed by atoms with Crippen LogP contribution in [0, 0.1) is 67.8 Å². The Morgan fingerprint density at radius 3 is 0.873 bits per heavy atom. The van der Waals surface area contributed by atoms with Crippen LogP contribution in [0.1, 0.15) is 83.1 Å². The molecule has 0 aromatic heterocycles. The fraction of sp³-hybridized carbons (Fsp3) is 0.533. The van der Waals surface area contributed by atoms with E-state index in [1.165, 1.54) is 0 Å². The van der Waals surface area contributed by atoms with Crippen molar-refractivity contribution in [2.45, 2.75) is 101 Å². The zero-order valence-electron chi connectivity index (χ0n) is 35.1. The summed E-state index contributed by atoms with van der Waals surface area (Å²) in [6.45, 7) is 26.5. The molecule has 0 aliphatic carbocycles. The zero-order chi connectivity index (χ0) is 40.4. The number of rotatable bonds is 9. The van der Waals surface area contributed by atoms with Gasteiger partial charge < -0.3 is 0 Å². The van der Waals surface area contributed by atoms with Crippen LogP contribution in [0.4, 0.5) is 17.1 Å². The molecule has 0 spiro atoms. The molecule has 9 unspecified atom stereocenters. The van der Waals surface area contributed by atoms with Gasteiger partial charge in [-0.2, -0.15) is 0 Å². The van der Waals surface area contributed by atoms with Crippen molar-refractivity contribution in [1.82, 2.24) is 19.2 Å². The molecule has 0 saturated carbocycles. The standard InChI is InChI=1S/3C15H22N2O.Tb/c3*1-11-13(14(18)15(2,3)4)10-17(16-11)12-8-6-5-7-9-12;/h3*5-9,11,13,16H,10H2,1-4H3;/q;;;+3. The molecule has 6 rings (SSSR count). The zero-order valence-corrected chi connectivity index (χ0v) is 37.3. The molecule has 3 aliphatic heterocycles. The van der Waals surface area contributed by atoms with Crippen molar-refractivity contribution < 1.29 is 48.2 Å². The van der Waals surface area contributed by atoms with Crippen LogP contribution in [0.15, 0.2) is 91.0 Å². The van der Waals surface area contributed by atoms with E-state index >= 15 is 0 Å². The summed E-state index contributed by atoms with van der Waals surface area (Å²) in [5.41, 5.74) is 14.3. The summed E-state index contributed by atoms with van der Waals surface area (Å²) in [5, 5.41) is 0. The molecule has 0 amide bonds. The van der Waals surface area contributed by atoms with Gasteiger partial charge in [0, 0.05) is 0 Å². The molecule has 0 radical (unpaired) electrons. The number of nitrogens with zero attached hydrogens (tertiary/aromatic N) is 3. The topological polar surface area (TPSA) is 87.3 Å². The van der Waals surface area contributed by atoms with Gasteiger partial charge in [-0.25, -0.2) is 0 Å². The third kappa shape index (κ3) is 7.60. The Morgan fingerprint density at radius 2 is 0.673 bits per heavy atom. The van der Waals surface area contributed by atoms with E-state index in [2.05, 4.69) is 128 Å². The first-order valence-electron chi connectivity index (χ1n) is 20.0. The van der Waals surface area contributed by atoms with Gasteiger partial charge in [0.05, 0.1) is 0 Å². The Hall–Kier alpha value is -2.28. The number of nitrogens with one attached hydrogen (secondary N) is 3. The van der Waals surface area contributed by atoms with Gasteiger partial charge in [-0.3, -0.25) is 0 Å². The average molecular weight is 898 g/mol. The van der Waals surface area contributed by atoms with Crippen LogP contribution in [0.3, 0.4) is 0 Å². The van der Waals surface area contributed by atoms with Crippen molar-refractivity contribution in [2.75, 3.05) is 19.6 Å². The number of carbonyl (C=O) groups is 3. The number of Topliss-reactive ketones (excluding diaryl/α,β-unsaturated/α-hetero) is 3. The minimum atomic E-state index is -3.46. The van der Waals surface area contributed by atoms with Gasteiger partial charge in [-0.15, -0.1) is 0 Å². The van der Waals surface area contributed by atoms with Crippen LogP contribution < -0.4 is 19.2 Å². The van der Waals surface area contributed by atoms with Gasteiger partial charge in [-0.05, 0) is 0 Å². The van der Waals surface area contributed by atoms with Gasteiger partial charge in [0.1, 0.15) is 0 Å². The first-order valence-corrected chi connectivity index (χ1v) is 22.9. The first-order chi connectivity index (χ1) is 25.6. The average Bonchev–Trinajstić information content (AvgIpc) is 3.78. The Morgan fingerprint density at radius 1 is 0.455 bits per heavy atom. The van der Waals surface area contributed by atoms with E-state index in [1.807, 2.05) is 62.3 Å². The molecule has 55 heavy (non-hydrogen) atoms. The van der Waals surface area contributed by atoms with E-state index in [4.69, 9.17) is 0 Å². The molecule has 300 valence electrons. The molecule has 3 heterocycles. The molecule has 10 heteroatoms. The van der Waals surface area contributed by atoms with Gasteiger partial charge in [0.2, 0.25) is 0 Å². The molecule has 3 N–H and O–H groups in total. The summed E-state index contributed by atoms with van der Waals surface area (Å²) in [6.07, 6.45) is 0. The first kappa shape index (κ1) is 42.3. The fourth-order valence-electron chi connectivity index (χ4n) is 8.83. The van der Waals surface area contributed by atoms with Crippen LogP contribution >= 0.6 is 0 Å². The van der Waals surface area contributed by atoms with Gasteiger partial charge >= 0.3 is 348 Å². The Bertz CT molecular complexity index is 1660. The summed E-state index contributed by atoms with van der Waals surface area (Å²) in [6, 6.07) is 31.7. The summed E-state index contributed by atoms with van der Waals surface area (Å²) in [5.74, 6) is -0.0861. The van der Waals surface area contributed by atoms with Crippen molar-refractivity contribution >= 4 is 34.4 Å². The molecule has 3 saturated heterocycles. The van der Waals surface area contributed by atoms with E-state index in [0.717, 1.165) is 17.1 Å². The predicted octanol–water partition coefficient (Wildman–Crippen LogP) is 7.79. The SMILES string of the molecule is CC1N[N+](c2ccccc2)([Tb]([N+]2(c3ccccc3)CC(C(=O)C(C)(C)C)C(C)N2)[N+]2(c3ccccc3)CC(C(=O)C(C)(C)C)C(C)N2)CC1C(=O)C(C)(C)C. The van der Waals surface area contributed by atoms with Gasteiger partial charge in [0.15, 0.2) is 0 Å². The van der Waals surface area contributed by atoms with Gasteiger partial charge in [-0.1, -0.05) is 0 Å². The van der Waals surface area contributed by atoms with Crippen molar-refractivity contribution in [3.05, 3.63) is 91.0 Å². The second kappa shape index (κ2) is 15.1. The van der Waals surface area contributed by atoms with E-state index in [-0.39, 0.29) is 53.2 Å². The second-order valence-electron chi connectivity index (χ2n) is 19.2. The number of ketones is 3. The van der Waals surface area contributed by atoms with Crippen molar-refractivity contribution in [3.8, 4) is 0 Å². The number of hydrogen-bond donors (Lipinski definition) is 3. The third-order valence-corrected chi connectivity index (χ3v) is 19.7. The molecule has 9 nitrogen and oxygen atoms in total. The second-order valence-corrected chi connectivity index (χ2v) is 25.4. The predicted molar refractivity (Wildman–Crippen MR) is 221 cm³/mol. The normalized spacial score (nSPS) is 33.1. The molecule has 0 bridgehead atoms. The Labute approximate surface area is 345 Å². The van der Waals surface area contributed by atoms with Crippen molar-refractivity contribution in [3.63, 3.8) is 0 Å². The van der Waals surface area contributed by atoms with Gasteiger partial charge in [0.25, 0.3) is 0 Å². The van der Waals surface area contributed by atoms with Crippen LogP contribution in [0.2, 0.25) is 0 Å². The maximum absolute atomic E-state index is 14.6. The van der Waals surface area contributed by atoms with E-state index in [1.54, 1.807) is 0 Å². The van der Waals surface area contributed by atoms with Crippen molar-refractivity contribution in [2.24, 2.45) is 34.0 Å². The number of para-hydroxylation sites is 3. The number of carbonyl (C=O) groups excluding carboxylic acids is 3. The Kier molecular flexibility index (Phi) is 11.7. The van der Waals surface area contributed by atoms with E-state index in [0.29, 0.717) is 22.5 Å². The van der Waals surface area contributed by atoms with Crippen LogP contribution in [0.5, 0.6) is 0 Å². The number of quaternary nitrogens is 3. The van der Waals surface area contributed by atoms with E-state index in [9.17, 15) is 14.4 Å². The summed E-state index contributed by atoms with van der Waals surface area (Å²) >= 11 is -3.46. The maximum atomic E-state index is 14.6. The Balaban J connectivity index is 1.76. The molecule has 3 aromatic carbocycles. The molecule has 9 atom stereocenters. The third-order valence-electron chi connectivity index (χ3n) is 11.7. The number of benzene rings is 3. The quantitative estimate of drug-likeness (QED) is 0.204. The number of hydrogen-bond acceptors (Lipinski definition) is 6. The molecule has 3 fully saturated rings. The molecular formula is C45H66N6O3Tb+3. The summed E-state index contributed by atoms with van der Waals surface area (Å²) in [7, 11) is 0. The molecule has 3 aliphatic rings. The molecule has 3 aromatic rings. The van der Waals surface area contributed by atoms with Crippen LogP contribution in [-0.2, 0) is 14.4 Å². The summed E-state index contributed by atoms with van der Waals surface area (Å²) in [4.78, 5) is 43.8. The fourth-order valence-corrected chi connectivity index (χ4v) is 19.4. The van der Waals surface area contributed by atoms with Crippen LogP contribution in [0.25, 0.3) is 0 Å². The van der Waals surface area contributed by atoms with Crippen LogP contribution in [-0.4, -0.2) is 55.1 Å².